The van der Waals surface area contributed by atoms with Gasteiger partial charge in [-0.15, -0.1) is 0 Å². The summed E-state index contributed by atoms with van der Waals surface area (Å²) in [5.74, 6) is -29.0. The third-order valence-corrected chi connectivity index (χ3v) is 9.99. The van der Waals surface area contributed by atoms with Crippen molar-refractivity contribution >= 4 is 143 Å². The summed E-state index contributed by atoms with van der Waals surface area (Å²) in [5.41, 5.74) is 28.0. The minimum absolute atomic E-state index is 0.000000000000000222. The molecule has 0 bridgehead atoms. The highest BCUT2D eigenvalue weighted by Crippen LogP contribution is 2.26. The van der Waals surface area contributed by atoms with E-state index < -0.39 is 244 Å². The van der Waals surface area contributed by atoms with E-state index >= 15 is 0 Å². The summed E-state index contributed by atoms with van der Waals surface area (Å²) in [6.45, 7) is 3.61. The molecule has 2 saturated heterocycles. The number of rotatable bonds is 26. The molecule has 0 aliphatic carbocycles. The fourth-order valence-electron chi connectivity index (χ4n) is 4.80. The van der Waals surface area contributed by atoms with Gasteiger partial charge in [0.2, 0.25) is 5.91 Å². The number of ether oxygens (including phenoxy) is 2. The number of aliphatic hydroxyl groups is 11. The molecule has 0 aromatic heterocycles. The Morgan fingerprint density at radius 3 is 0.900 bits per heavy atom. The number of alkyl halides is 3. The number of hydrogen-bond acceptors (Lipinski definition) is 35. The van der Waals surface area contributed by atoms with Crippen LogP contribution in [-0.2, 0) is 95.8 Å². The smallest absolute Gasteiger partial charge is 0.470 e. The molecule has 2 aliphatic rings. The number of aliphatic carboxylic acids is 16. The summed E-state index contributed by atoms with van der Waals surface area (Å²) in [7, 11) is 3.20. The molecule has 1 aromatic rings. The fourth-order valence-corrected chi connectivity index (χ4v) is 4.80. The number of carboxylic acid groups (broad SMARTS) is 17. The first-order valence-electron chi connectivity index (χ1n) is 29.9. The highest BCUT2D eigenvalue weighted by Gasteiger charge is 2.46. The molecule has 2 fully saturated rings. The molecule has 1 aromatic carbocycles. The van der Waals surface area contributed by atoms with Crippen LogP contribution in [0.15, 0.2) is 42.5 Å². The predicted octanol–water partition coefficient (Wildman–Crippen LogP) is -11.7. The maximum atomic E-state index is 10.7. The SMILES string of the molecule is C=C(CC(=O)O)C(=O)O.CC(N)=O.CN(C)C(N)=O.NC(=O)C(F)(F)F.NC(N)=O.NC(N)=S.O=C(O)C(=O)O.O=C(O)C(O)C(O)C(=O)O.O=C(O)CC(=O)O.O=C(O)CC(CC(=O)O)C(=O)O.O=C(O)CC(O)(CC(=O)O)C(=O)O.O=C(O)CC(O)C(=O)O.O=C(O)c1ccccc1.OC[C@@H](O)C(O)[C@@H](O)CO.O[C@@H]1CO[C@H]2[C@@H]1OC[C@@H]2O. The van der Waals surface area contributed by atoms with E-state index in [9.17, 15) is 94.7 Å². The summed E-state index contributed by atoms with van der Waals surface area (Å²) in [6, 6.07) is 7.05. The number of thiocarbonyl (C=S) groups is 1. The van der Waals surface area contributed by atoms with Gasteiger partial charge in [-0.2, -0.15) is 13.2 Å². The molecule has 3 rings (SSSR count). The van der Waals surface area contributed by atoms with E-state index in [1.807, 2.05) is 0 Å². The van der Waals surface area contributed by atoms with E-state index in [1.165, 1.54) is 11.8 Å². The van der Waals surface area contributed by atoms with E-state index in [-0.39, 0.29) is 42.0 Å². The average molecular weight is 1790 g/mol. The Kier molecular flexibility index (Phi) is 82.0. The van der Waals surface area contributed by atoms with Gasteiger partial charge < -0.3 is 197 Å². The normalized spacial score (nSPS) is 14.3. The van der Waals surface area contributed by atoms with Gasteiger partial charge in [0.1, 0.15) is 49.1 Å². The molecule has 120 heavy (non-hydrogen) atoms. The summed E-state index contributed by atoms with van der Waals surface area (Å²) >= 11 is 4.09. The number of aliphatic hydroxyl groups excluding tert-OH is 10. The summed E-state index contributed by atoms with van der Waals surface area (Å²) < 4.78 is 42.3. The second kappa shape index (κ2) is 74.2. The maximum Gasteiger partial charge on any atom is 0.470 e. The first-order chi connectivity index (χ1) is 54.0. The Hall–Kier alpha value is -13.6. The third-order valence-electron chi connectivity index (χ3n) is 9.99. The van der Waals surface area contributed by atoms with Gasteiger partial charge in [0, 0.05) is 26.6 Å². The largest absolute Gasteiger partial charge is 0.481 e. The molecule has 4 unspecified atom stereocenters. The number of aromatic carboxylic acids is 1. The first kappa shape index (κ1) is 133. The second-order valence-corrected chi connectivity index (χ2v) is 21.2. The number of carbonyl (C=O) groups is 21. The lowest BCUT2D eigenvalue weighted by molar-refractivity contribution is -0.170. The summed E-state index contributed by atoms with van der Waals surface area (Å²) in [5, 5.41) is 231. The van der Waals surface area contributed by atoms with Crippen LogP contribution >= 0.6 is 12.2 Å². The molecular formula is C57H91F3N8O51S. The van der Waals surface area contributed by atoms with Crippen LogP contribution in [0.1, 0.15) is 62.2 Å². The van der Waals surface area contributed by atoms with Gasteiger partial charge in [0.15, 0.2) is 29.0 Å². The zero-order valence-corrected chi connectivity index (χ0v) is 62.5. The van der Waals surface area contributed by atoms with Crippen LogP contribution in [0.25, 0.3) is 0 Å². The van der Waals surface area contributed by atoms with E-state index in [4.69, 9.17) is 177 Å². The lowest BCUT2D eigenvalue weighted by atomic mass is 9.96. The van der Waals surface area contributed by atoms with Crippen molar-refractivity contribution in [3.63, 3.8) is 0 Å². The minimum atomic E-state index is -4.86. The van der Waals surface area contributed by atoms with E-state index in [2.05, 4.69) is 53.2 Å². The number of nitrogens with two attached hydrogens (primary N) is 7. The standard InChI is InChI=1S/C7H6O2.C6H8O7.C6H8O6.C6H10O4.C5H12O5.C5H6O4.C4H6O6.C4H6O5.C3H8N2O.C3H4O4.C2H2F3NO.C2H5NO.C2H2O4.CH4N2O.CH4N2S/c8-7(9)6-4-2-1-3-5-6;7-3(8)1-6(13,5(11)12)2-4(9)10;7-4(8)1-3(6(11)12)2-5(9)10;7-3-1-9-6-4(8)2-10-5(3)6;6-1-3(8)5(10)4(9)2-7;1-3(5(8)9)2-4(6)7;5-1(3(7)8)2(6)4(9)10;5-2(4(8)9)1-3(6)7;1-5(2)3(4)6;4-2(5)1-3(6)7;3-2(4,5)1(6)7;1-2(3)4;3-1(4)2(5)6;2*2-1(3)4/h1-5H,(H,8,9);13H,1-2H2,(H,7,8)(H,9,10)(H,11,12);3H,1-2H2,(H,7,8)(H,9,10)(H,11,12);3-8H,1-2H2;3-10H,1-2H2;1-2H2,(H,6,7)(H,8,9);1-2,5-6H,(H,7,8)(H,9,10);2,5H,1H2,(H,6,7)(H,8,9);1-2H3,(H2,4,6);1H2,(H,4,5)(H,6,7);(H2,6,7);1H3,(H2,3,4);(H,3,4)(H,5,6);2*(H4,2,3,4)/t;;;3-,4+,5-,6-;3-,4+,5?;;;;;;;;;;/m...1.........../s1. The Morgan fingerprint density at radius 2 is 0.767 bits per heavy atom. The number of primary amides is 5. The Balaban J connectivity index is -0.000000105. The van der Waals surface area contributed by atoms with Crippen molar-refractivity contribution in [2.45, 2.75) is 125 Å². The number of amides is 6. The molecule has 42 N–H and O–H groups in total. The maximum absolute atomic E-state index is 10.7. The van der Waals surface area contributed by atoms with Crippen LogP contribution < -0.4 is 40.1 Å². The van der Waals surface area contributed by atoms with Gasteiger partial charge >= 0.3 is 126 Å². The predicted molar refractivity (Wildman–Crippen MR) is 375 cm³/mol. The van der Waals surface area contributed by atoms with Crippen LogP contribution in [0, 0.1) is 5.92 Å². The van der Waals surface area contributed by atoms with Crippen LogP contribution in [0.5, 0.6) is 0 Å². The number of nitrogens with zero attached hydrogens (tertiary/aromatic N) is 1. The lowest BCUT2D eigenvalue weighted by Crippen LogP contribution is -2.42. The number of urea groups is 2. The molecule has 59 nitrogen and oxygen atoms in total. The molecule has 2 aliphatic heterocycles. The first-order valence-corrected chi connectivity index (χ1v) is 30.3. The van der Waals surface area contributed by atoms with Gasteiger partial charge in [0.25, 0.3) is 0 Å². The van der Waals surface area contributed by atoms with Crippen LogP contribution in [0.4, 0.5) is 22.8 Å². The number of carbonyl (C=O) groups excluding carboxylic acids is 4. The number of carboxylic acids is 17. The van der Waals surface area contributed by atoms with Crippen LogP contribution in [0.3, 0.4) is 0 Å². The van der Waals surface area contributed by atoms with Gasteiger partial charge in [-0.3, -0.25) is 52.7 Å². The van der Waals surface area contributed by atoms with E-state index in [1.54, 1.807) is 44.4 Å². The number of fused-ring (bicyclic) bond motifs is 1. The number of hydrogen-bond donors (Lipinski definition) is 35. The van der Waals surface area contributed by atoms with Crippen molar-refractivity contribution in [3.8, 4) is 0 Å². The fraction of sp³-hybridized carbons (Fsp3) is 0.474. The van der Waals surface area contributed by atoms with Gasteiger partial charge in [0.05, 0.1) is 76.4 Å². The van der Waals surface area contributed by atoms with Crippen molar-refractivity contribution in [3.05, 3.63) is 48.0 Å². The molecule has 6 amide bonds. The topological polar surface area (TPSA) is 1130 Å². The molecule has 2 heterocycles. The van der Waals surface area contributed by atoms with Crippen molar-refractivity contribution in [2.75, 3.05) is 40.5 Å². The molecule has 692 valence electrons. The molecule has 10 atom stereocenters. The Labute approximate surface area is 671 Å². The van der Waals surface area contributed by atoms with Gasteiger partial charge in [-0.1, -0.05) is 24.8 Å². The van der Waals surface area contributed by atoms with Crippen molar-refractivity contribution in [2.24, 2.45) is 46.1 Å². The summed E-state index contributed by atoms with van der Waals surface area (Å²) in [6.07, 6.45) is -22.9. The molecule has 0 radical (unpaired) electrons. The van der Waals surface area contributed by atoms with Gasteiger partial charge in [-0.25, -0.2) is 47.9 Å². The lowest BCUT2D eigenvalue weighted by Gasteiger charge is -2.19. The van der Waals surface area contributed by atoms with Crippen molar-refractivity contribution < 1.29 is 266 Å². The zero-order valence-electron chi connectivity index (χ0n) is 61.7. The van der Waals surface area contributed by atoms with Crippen molar-refractivity contribution in [1.82, 2.24) is 4.90 Å². The molecule has 0 saturated carbocycles. The number of benzene rings is 1. The monoisotopic (exact) mass is 1790 g/mol. The van der Waals surface area contributed by atoms with Crippen molar-refractivity contribution in [1.29, 1.82) is 0 Å². The molecule has 63 heteroatoms. The Morgan fingerprint density at radius 1 is 0.492 bits per heavy atom. The van der Waals surface area contributed by atoms with Crippen LogP contribution in [0.2, 0.25) is 0 Å². The van der Waals surface area contributed by atoms with E-state index in [0.717, 1.165) is 0 Å². The second-order valence-electron chi connectivity index (χ2n) is 20.7. The Bertz CT molecular complexity index is 3290. The average Bonchev–Trinajstić information content (AvgIpc) is 1.67. The number of halogens is 3. The third kappa shape index (κ3) is 98.6. The van der Waals surface area contributed by atoms with Crippen LogP contribution in [-0.4, -0.2) is 392 Å². The summed E-state index contributed by atoms with van der Waals surface area (Å²) in [4.78, 5) is 205. The minimum Gasteiger partial charge on any atom is -0.481 e. The molecular weight excluding hydrogens is 1700 g/mol. The van der Waals surface area contributed by atoms with E-state index in [0.29, 0.717) is 5.56 Å². The quantitative estimate of drug-likeness (QED) is 0.0177. The zero-order chi connectivity index (χ0) is 98.5. The highest BCUT2D eigenvalue weighted by atomic mass is 32.1. The van der Waals surface area contributed by atoms with Gasteiger partial charge in [-0.05, 0) is 24.4 Å². The molecule has 0 spiro atoms. The highest BCUT2D eigenvalue weighted by molar-refractivity contribution is 7.80.